The number of benzene rings is 1. The first kappa shape index (κ1) is 24.0. The van der Waals surface area contributed by atoms with E-state index in [2.05, 4.69) is 6.92 Å². The van der Waals surface area contributed by atoms with Gasteiger partial charge in [-0.2, -0.15) is 13.2 Å². The molecule has 1 aromatic carbocycles. The van der Waals surface area contributed by atoms with Crippen molar-refractivity contribution in [3.05, 3.63) is 35.4 Å². The van der Waals surface area contributed by atoms with Gasteiger partial charge in [-0.1, -0.05) is 57.6 Å². The Kier molecular flexibility index (Phi) is 10.4. The van der Waals surface area contributed by atoms with Crippen molar-refractivity contribution in [1.82, 2.24) is 0 Å². The lowest BCUT2D eigenvalue weighted by Gasteiger charge is -2.37. The molecule has 27 heavy (non-hydrogen) atoms. The van der Waals surface area contributed by atoms with Gasteiger partial charge in [-0.3, -0.25) is 0 Å². The third kappa shape index (κ3) is 7.82. The highest BCUT2D eigenvalue weighted by Gasteiger charge is 2.37. The summed E-state index contributed by atoms with van der Waals surface area (Å²) in [5.41, 5.74) is 0.208. The Morgan fingerprint density at radius 2 is 1.33 bits per heavy atom. The van der Waals surface area contributed by atoms with Crippen molar-refractivity contribution >= 4 is 0 Å². The van der Waals surface area contributed by atoms with Crippen molar-refractivity contribution in [2.45, 2.75) is 90.5 Å². The van der Waals surface area contributed by atoms with Crippen molar-refractivity contribution in [1.29, 1.82) is 0 Å². The van der Waals surface area contributed by atoms with E-state index in [-0.39, 0.29) is 5.92 Å². The molecule has 1 atom stereocenters. The largest absolute Gasteiger partial charge is 0.416 e. The van der Waals surface area contributed by atoms with Gasteiger partial charge in [0.2, 0.25) is 0 Å². The SMILES string of the molecule is CCCCCCCCC(c1ccc(C(F)(F)F)cc1)C(C)(OCC)OCC. The van der Waals surface area contributed by atoms with Crippen molar-refractivity contribution < 1.29 is 22.6 Å². The second kappa shape index (κ2) is 11.7. The molecule has 2 nitrogen and oxygen atoms in total. The highest BCUT2D eigenvalue weighted by Crippen LogP contribution is 2.38. The van der Waals surface area contributed by atoms with E-state index in [9.17, 15) is 13.2 Å². The van der Waals surface area contributed by atoms with Gasteiger partial charge in [0, 0.05) is 19.1 Å². The first-order chi connectivity index (χ1) is 12.8. The molecule has 156 valence electrons. The van der Waals surface area contributed by atoms with Crippen LogP contribution in [-0.4, -0.2) is 19.0 Å². The van der Waals surface area contributed by atoms with E-state index in [1.54, 1.807) is 12.1 Å². The molecule has 0 spiro atoms. The number of ether oxygens (including phenoxy) is 2. The van der Waals surface area contributed by atoms with Gasteiger partial charge in [0.1, 0.15) is 0 Å². The molecule has 1 aromatic rings. The summed E-state index contributed by atoms with van der Waals surface area (Å²) < 4.78 is 50.6. The van der Waals surface area contributed by atoms with Crippen LogP contribution in [0.25, 0.3) is 0 Å². The smallest absolute Gasteiger partial charge is 0.350 e. The first-order valence-corrected chi connectivity index (χ1v) is 10.2. The topological polar surface area (TPSA) is 18.5 Å². The average Bonchev–Trinajstić information content (AvgIpc) is 2.61. The van der Waals surface area contributed by atoms with E-state index in [1.165, 1.54) is 25.7 Å². The monoisotopic (exact) mass is 388 g/mol. The van der Waals surface area contributed by atoms with Crippen LogP contribution in [-0.2, 0) is 15.7 Å². The normalized spacial score (nSPS) is 13.7. The molecule has 0 saturated carbocycles. The van der Waals surface area contributed by atoms with Gasteiger partial charge >= 0.3 is 6.18 Å². The summed E-state index contributed by atoms with van der Waals surface area (Å²) in [6.07, 6.45) is 3.50. The summed E-state index contributed by atoms with van der Waals surface area (Å²) in [7, 11) is 0. The zero-order valence-corrected chi connectivity index (χ0v) is 17.2. The highest BCUT2D eigenvalue weighted by atomic mass is 19.4. The Morgan fingerprint density at radius 3 is 1.81 bits per heavy atom. The minimum absolute atomic E-state index is 0.106. The zero-order valence-electron chi connectivity index (χ0n) is 17.2. The van der Waals surface area contributed by atoms with Crippen LogP contribution >= 0.6 is 0 Å². The molecule has 0 amide bonds. The molecule has 0 saturated heterocycles. The summed E-state index contributed by atoms with van der Waals surface area (Å²) >= 11 is 0. The third-order valence-corrected chi connectivity index (χ3v) is 4.98. The molecule has 1 rings (SSSR count). The van der Waals surface area contributed by atoms with E-state index in [4.69, 9.17) is 9.47 Å². The average molecular weight is 389 g/mol. The second-order valence-corrected chi connectivity index (χ2v) is 7.11. The number of rotatable bonds is 13. The maximum atomic E-state index is 12.9. The van der Waals surface area contributed by atoms with Gasteiger partial charge in [0.05, 0.1) is 5.56 Å². The first-order valence-electron chi connectivity index (χ1n) is 10.2. The molecular formula is C22H35F3O2. The minimum Gasteiger partial charge on any atom is -0.350 e. The van der Waals surface area contributed by atoms with E-state index < -0.39 is 17.5 Å². The molecule has 0 aliphatic rings. The molecular weight excluding hydrogens is 353 g/mol. The molecule has 0 radical (unpaired) electrons. The van der Waals surface area contributed by atoms with E-state index in [1.807, 2.05) is 20.8 Å². The maximum Gasteiger partial charge on any atom is 0.416 e. The lowest BCUT2D eigenvalue weighted by atomic mass is 9.85. The number of alkyl halides is 3. The van der Waals surface area contributed by atoms with Crippen molar-refractivity contribution in [3.8, 4) is 0 Å². The van der Waals surface area contributed by atoms with Gasteiger partial charge in [-0.25, -0.2) is 0 Å². The fourth-order valence-corrected chi connectivity index (χ4v) is 3.58. The molecule has 0 fully saturated rings. The summed E-state index contributed by atoms with van der Waals surface area (Å²) in [6, 6.07) is 5.45. The lowest BCUT2D eigenvalue weighted by molar-refractivity contribution is -0.236. The van der Waals surface area contributed by atoms with E-state index in [0.29, 0.717) is 13.2 Å². The second-order valence-electron chi connectivity index (χ2n) is 7.11. The maximum absolute atomic E-state index is 12.9. The molecule has 5 heteroatoms. The van der Waals surface area contributed by atoms with Crippen LogP contribution in [0.15, 0.2) is 24.3 Å². The fourth-order valence-electron chi connectivity index (χ4n) is 3.58. The highest BCUT2D eigenvalue weighted by molar-refractivity contribution is 5.28. The van der Waals surface area contributed by atoms with E-state index in [0.717, 1.165) is 37.0 Å². The number of halogens is 3. The summed E-state index contributed by atoms with van der Waals surface area (Å²) in [5, 5.41) is 0. The number of hydrogen-bond donors (Lipinski definition) is 0. The van der Waals surface area contributed by atoms with Gasteiger partial charge in [-0.05, 0) is 44.9 Å². The number of unbranched alkanes of at least 4 members (excludes halogenated alkanes) is 5. The summed E-state index contributed by atoms with van der Waals surface area (Å²) in [6.45, 7) is 8.89. The quantitative estimate of drug-likeness (QED) is 0.260. The molecule has 0 aliphatic carbocycles. The van der Waals surface area contributed by atoms with Crippen LogP contribution in [0.1, 0.15) is 89.7 Å². The van der Waals surface area contributed by atoms with Crippen LogP contribution in [0.2, 0.25) is 0 Å². The predicted octanol–water partition coefficient (Wildman–Crippen LogP) is 7.33. The van der Waals surface area contributed by atoms with Gasteiger partial charge in [0.15, 0.2) is 5.79 Å². The van der Waals surface area contributed by atoms with Gasteiger partial charge < -0.3 is 9.47 Å². The van der Waals surface area contributed by atoms with E-state index >= 15 is 0 Å². The minimum atomic E-state index is -4.32. The van der Waals surface area contributed by atoms with Crippen LogP contribution < -0.4 is 0 Å². The van der Waals surface area contributed by atoms with Crippen molar-refractivity contribution in [2.24, 2.45) is 0 Å². The van der Waals surface area contributed by atoms with Crippen LogP contribution in [0.5, 0.6) is 0 Å². The summed E-state index contributed by atoms with van der Waals surface area (Å²) in [4.78, 5) is 0. The number of hydrogen-bond acceptors (Lipinski definition) is 2. The molecule has 0 aliphatic heterocycles. The van der Waals surface area contributed by atoms with Crippen molar-refractivity contribution in [3.63, 3.8) is 0 Å². The van der Waals surface area contributed by atoms with Gasteiger partial charge in [0.25, 0.3) is 0 Å². The van der Waals surface area contributed by atoms with Crippen LogP contribution in [0.4, 0.5) is 13.2 Å². The molecule has 0 N–H and O–H groups in total. The molecule has 0 aromatic heterocycles. The molecule has 0 heterocycles. The standard InChI is InChI=1S/C22H35F3O2/c1-5-8-9-10-11-12-13-20(21(4,26-6-2)27-7-3)18-14-16-19(17-15-18)22(23,24)25/h14-17,20H,5-13H2,1-4H3. The third-order valence-electron chi connectivity index (χ3n) is 4.98. The van der Waals surface area contributed by atoms with Crippen LogP contribution in [0.3, 0.4) is 0 Å². The lowest BCUT2D eigenvalue weighted by Crippen LogP contribution is -2.39. The molecule has 1 unspecified atom stereocenters. The van der Waals surface area contributed by atoms with Crippen LogP contribution in [0, 0.1) is 0 Å². The Hall–Kier alpha value is -1.07. The zero-order chi connectivity index (χ0) is 20.3. The Balaban J connectivity index is 2.95. The Bertz CT molecular complexity index is 505. The van der Waals surface area contributed by atoms with Gasteiger partial charge in [-0.15, -0.1) is 0 Å². The predicted molar refractivity (Wildman–Crippen MR) is 104 cm³/mol. The van der Waals surface area contributed by atoms with Crippen molar-refractivity contribution in [2.75, 3.05) is 13.2 Å². The summed E-state index contributed by atoms with van der Waals surface area (Å²) in [5.74, 6) is -0.946. The fraction of sp³-hybridized carbons (Fsp3) is 0.727. The Labute approximate surface area is 162 Å². The Morgan fingerprint density at radius 1 is 0.815 bits per heavy atom. The molecule has 0 bridgehead atoms.